The van der Waals surface area contributed by atoms with Gasteiger partial charge in [0.2, 0.25) is 35.4 Å². The number of aromatic nitrogens is 2. The average molecular weight is 624 g/mol. The first-order chi connectivity index (χ1) is 20.7. The molecule has 0 aliphatic carbocycles. The second kappa shape index (κ2) is 17.5. The molecule has 1 aliphatic heterocycles. The van der Waals surface area contributed by atoms with Crippen molar-refractivity contribution in [1.29, 1.82) is 0 Å². The lowest BCUT2D eigenvalue weighted by molar-refractivity contribution is -0.142. The minimum absolute atomic E-state index is 0.0166. The number of carboxylic acid groups (broad SMARTS) is 1. The van der Waals surface area contributed by atoms with E-state index >= 15 is 0 Å². The zero-order valence-electron chi connectivity index (χ0n) is 24.6. The van der Waals surface area contributed by atoms with Crippen molar-refractivity contribution in [2.75, 3.05) is 19.6 Å². The van der Waals surface area contributed by atoms with Crippen molar-refractivity contribution in [3.05, 3.63) is 18.2 Å². The van der Waals surface area contributed by atoms with E-state index in [1.807, 2.05) is 0 Å². The van der Waals surface area contributed by atoms with Gasteiger partial charge in [-0.2, -0.15) is 0 Å². The fourth-order valence-corrected chi connectivity index (χ4v) is 4.33. The Morgan fingerprint density at radius 2 is 1.64 bits per heavy atom. The molecule has 0 spiro atoms. The predicted octanol–water partition coefficient (Wildman–Crippen LogP) is -4.24. The quantitative estimate of drug-likeness (QED) is 0.0747. The van der Waals surface area contributed by atoms with Crippen molar-refractivity contribution in [1.82, 2.24) is 41.9 Å². The van der Waals surface area contributed by atoms with Gasteiger partial charge in [-0.15, -0.1) is 0 Å². The number of aliphatic hydroxyl groups excluding tert-OH is 1. The molecule has 44 heavy (non-hydrogen) atoms. The van der Waals surface area contributed by atoms with Gasteiger partial charge in [-0.25, -0.2) is 9.78 Å². The number of hydrogen-bond donors (Lipinski definition) is 10. The Labute approximate surface area is 253 Å². The second-order valence-electron chi connectivity index (χ2n) is 10.8. The third kappa shape index (κ3) is 12.7. The van der Waals surface area contributed by atoms with Crippen molar-refractivity contribution in [2.24, 2.45) is 11.7 Å². The maximum Gasteiger partial charge on any atom is 0.326 e. The molecule has 1 aromatic rings. The summed E-state index contributed by atoms with van der Waals surface area (Å²) in [7, 11) is 0. The molecule has 0 unspecified atom stereocenters. The van der Waals surface area contributed by atoms with Crippen LogP contribution in [0.3, 0.4) is 0 Å². The number of hydrogen-bond acceptors (Lipinski definition) is 10. The highest BCUT2D eigenvalue weighted by molar-refractivity contribution is 5.95. The Morgan fingerprint density at radius 1 is 0.977 bits per heavy atom. The van der Waals surface area contributed by atoms with Crippen LogP contribution >= 0.6 is 0 Å². The van der Waals surface area contributed by atoms with Crippen LogP contribution in [0.15, 0.2) is 12.5 Å². The fourth-order valence-electron chi connectivity index (χ4n) is 4.33. The molecule has 0 radical (unpaired) electrons. The molecule has 244 valence electrons. The summed E-state index contributed by atoms with van der Waals surface area (Å²) in [5.74, 6) is -5.68. The van der Waals surface area contributed by atoms with Gasteiger partial charge in [0.1, 0.15) is 18.1 Å². The van der Waals surface area contributed by atoms with Gasteiger partial charge in [0, 0.05) is 25.6 Å². The summed E-state index contributed by atoms with van der Waals surface area (Å²) < 4.78 is 0. The van der Waals surface area contributed by atoms with Crippen LogP contribution < -0.4 is 37.6 Å². The predicted molar refractivity (Wildman–Crippen MR) is 152 cm³/mol. The molecule has 1 saturated heterocycles. The number of carbonyl (C=O) groups is 7. The van der Waals surface area contributed by atoms with E-state index in [0.29, 0.717) is 5.69 Å². The first kappa shape index (κ1) is 35.6. The largest absolute Gasteiger partial charge is 0.480 e. The van der Waals surface area contributed by atoms with Gasteiger partial charge in [-0.3, -0.25) is 28.8 Å². The number of imidazole rings is 1. The lowest BCUT2D eigenvalue weighted by Crippen LogP contribution is -2.56. The number of primary amides is 1. The molecule has 18 nitrogen and oxygen atoms in total. The molecular formula is C26H41N9O9. The van der Waals surface area contributed by atoms with Crippen molar-refractivity contribution in [2.45, 2.75) is 76.2 Å². The summed E-state index contributed by atoms with van der Waals surface area (Å²) in [5, 5.41) is 33.7. The molecule has 1 fully saturated rings. The van der Waals surface area contributed by atoms with Crippen LogP contribution in [0.1, 0.15) is 45.2 Å². The Kier molecular flexibility index (Phi) is 14.2. The SMILES string of the molecule is CC(C)C[C@H](NC(=O)CNC(=O)[C@H](Cc1c[nH]cn1)NC(=O)[C@H](CCC(N)=O)NC(=O)CNC(=O)[C@@H]1C[C@@H](O)CN1)C(=O)O. The van der Waals surface area contributed by atoms with Crippen molar-refractivity contribution in [3.63, 3.8) is 0 Å². The lowest BCUT2D eigenvalue weighted by Gasteiger charge is -2.23. The van der Waals surface area contributed by atoms with Gasteiger partial charge < -0.3 is 52.8 Å². The van der Waals surface area contributed by atoms with Gasteiger partial charge in [0.05, 0.1) is 37.3 Å². The van der Waals surface area contributed by atoms with Crippen LogP contribution in [0.4, 0.5) is 0 Å². The summed E-state index contributed by atoms with van der Waals surface area (Å²) in [4.78, 5) is 93.1. The summed E-state index contributed by atoms with van der Waals surface area (Å²) >= 11 is 0. The summed E-state index contributed by atoms with van der Waals surface area (Å²) in [5.41, 5.74) is 5.60. The molecular weight excluding hydrogens is 582 g/mol. The Morgan fingerprint density at radius 3 is 2.18 bits per heavy atom. The number of carbonyl (C=O) groups excluding carboxylic acids is 6. The molecule has 0 aromatic carbocycles. The van der Waals surface area contributed by atoms with Gasteiger partial charge in [0.25, 0.3) is 0 Å². The fraction of sp³-hybridized carbons (Fsp3) is 0.615. The van der Waals surface area contributed by atoms with Crippen LogP contribution in [0, 0.1) is 5.92 Å². The standard InChI is InChI=1S/C26H41N9O9/c1-13(2)5-19(26(43)44)34-22(39)11-31-24(41)18(6-14-8-28-12-32-14)35-25(42)16(3-4-20(27)37)33-21(38)10-30-23(40)17-7-15(36)9-29-17/h8,12-13,15-19,29,36H,3-7,9-11H2,1-2H3,(H2,27,37)(H,28,32)(H,30,40)(H,31,41)(H,33,38)(H,34,39)(H,35,42)(H,43,44)/t15-,16+,17+,18+,19+/m1/s1. The van der Waals surface area contributed by atoms with Crippen molar-refractivity contribution in [3.8, 4) is 0 Å². The maximum atomic E-state index is 13.2. The molecule has 6 amide bonds. The Bertz CT molecular complexity index is 1180. The van der Waals surface area contributed by atoms with Crippen molar-refractivity contribution >= 4 is 41.4 Å². The average Bonchev–Trinajstić information content (AvgIpc) is 3.63. The van der Waals surface area contributed by atoms with Gasteiger partial charge in [-0.05, 0) is 25.2 Å². The van der Waals surface area contributed by atoms with E-state index < -0.39 is 84.8 Å². The molecule has 1 aliphatic rings. The smallest absolute Gasteiger partial charge is 0.326 e. The summed E-state index contributed by atoms with van der Waals surface area (Å²) in [6.07, 6.45) is 1.87. The number of aromatic amines is 1. The van der Waals surface area contributed by atoms with Crippen LogP contribution in [0.5, 0.6) is 0 Å². The van der Waals surface area contributed by atoms with Crippen molar-refractivity contribution < 1.29 is 43.8 Å². The normalized spacial score (nSPS) is 18.0. The number of nitrogens with one attached hydrogen (secondary N) is 7. The zero-order chi connectivity index (χ0) is 32.8. The van der Waals surface area contributed by atoms with Crippen LogP contribution in [-0.4, -0.2) is 111 Å². The minimum Gasteiger partial charge on any atom is -0.480 e. The molecule has 1 aromatic heterocycles. The number of aliphatic hydroxyl groups is 1. The highest BCUT2D eigenvalue weighted by Gasteiger charge is 2.30. The number of nitrogens with two attached hydrogens (primary N) is 1. The topological polar surface area (TPSA) is 287 Å². The number of carboxylic acids is 1. The Balaban J connectivity index is 2.05. The number of aliphatic carboxylic acids is 1. The highest BCUT2D eigenvalue weighted by Crippen LogP contribution is 2.07. The molecule has 0 saturated carbocycles. The van der Waals surface area contributed by atoms with E-state index in [0.717, 1.165) is 0 Å². The van der Waals surface area contributed by atoms with E-state index in [1.54, 1.807) is 13.8 Å². The number of H-pyrrole nitrogens is 1. The third-order valence-corrected chi connectivity index (χ3v) is 6.54. The number of rotatable bonds is 18. The zero-order valence-corrected chi connectivity index (χ0v) is 24.6. The third-order valence-electron chi connectivity index (χ3n) is 6.54. The van der Waals surface area contributed by atoms with E-state index in [2.05, 4.69) is 41.9 Å². The molecule has 5 atom stereocenters. The van der Waals surface area contributed by atoms with Crippen LogP contribution in [-0.2, 0) is 40.0 Å². The second-order valence-corrected chi connectivity index (χ2v) is 10.8. The summed E-state index contributed by atoms with van der Waals surface area (Å²) in [6.45, 7) is 2.73. The minimum atomic E-state index is -1.33. The molecule has 18 heteroatoms. The number of β-amino-alcohol motifs (C(OH)–C–C–N with tert-alkyl or cyclic N) is 1. The molecule has 0 bridgehead atoms. The maximum absolute atomic E-state index is 13.2. The van der Waals surface area contributed by atoms with Gasteiger partial charge in [-0.1, -0.05) is 13.8 Å². The molecule has 2 rings (SSSR count). The molecule has 2 heterocycles. The first-order valence-electron chi connectivity index (χ1n) is 14.1. The first-order valence-corrected chi connectivity index (χ1v) is 14.1. The highest BCUT2D eigenvalue weighted by atomic mass is 16.4. The van der Waals surface area contributed by atoms with Gasteiger partial charge >= 0.3 is 5.97 Å². The number of amides is 6. The molecule has 11 N–H and O–H groups in total. The van der Waals surface area contributed by atoms with E-state index in [4.69, 9.17) is 5.73 Å². The van der Waals surface area contributed by atoms with Crippen LogP contribution in [0.25, 0.3) is 0 Å². The van der Waals surface area contributed by atoms with E-state index in [9.17, 15) is 43.8 Å². The van der Waals surface area contributed by atoms with E-state index in [1.165, 1.54) is 12.5 Å². The monoisotopic (exact) mass is 623 g/mol. The van der Waals surface area contributed by atoms with Crippen LogP contribution in [0.2, 0.25) is 0 Å². The number of nitrogens with zero attached hydrogens (tertiary/aromatic N) is 1. The summed E-state index contributed by atoms with van der Waals surface area (Å²) in [6, 6.07) is -4.46. The lowest BCUT2D eigenvalue weighted by atomic mass is 10.0. The Hall–Kier alpha value is -4.58. The van der Waals surface area contributed by atoms with Gasteiger partial charge in [0.15, 0.2) is 0 Å². The van der Waals surface area contributed by atoms with E-state index in [-0.39, 0.29) is 44.6 Å².